The number of benzene rings is 1. The Hall–Kier alpha value is -2.02. The van der Waals surface area contributed by atoms with Gasteiger partial charge in [-0.05, 0) is 53.5 Å². The van der Waals surface area contributed by atoms with E-state index >= 15 is 0 Å². The highest BCUT2D eigenvalue weighted by Crippen LogP contribution is 2.34. The van der Waals surface area contributed by atoms with Crippen molar-refractivity contribution >= 4 is 5.69 Å². The number of rotatable bonds is 5. The SMILES string of the molecule is CC(C)C(c1nnnn1C1CCCC1)N1CCN(c2ccc(F)cc2)CC1. The Morgan fingerprint density at radius 2 is 1.67 bits per heavy atom. The molecule has 1 saturated carbocycles. The number of tetrazole rings is 1. The maximum absolute atomic E-state index is 13.2. The second-order valence-corrected chi connectivity index (χ2v) is 8.11. The van der Waals surface area contributed by atoms with E-state index in [1.54, 1.807) is 0 Å². The van der Waals surface area contributed by atoms with Crippen molar-refractivity contribution in [3.63, 3.8) is 0 Å². The number of anilines is 1. The van der Waals surface area contributed by atoms with E-state index < -0.39 is 0 Å². The molecule has 0 N–H and O–H groups in total. The van der Waals surface area contributed by atoms with E-state index in [0.29, 0.717) is 12.0 Å². The van der Waals surface area contributed by atoms with Crippen LogP contribution in [0.1, 0.15) is 57.4 Å². The Morgan fingerprint density at radius 3 is 2.30 bits per heavy atom. The highest BCUT2D eigenvalue weighted by atomic mass is 19.1. The lowest BCUT2D eigenvalue weighted by molar-refractivity contribution is 0.132. The Labute approximate surface area is 160 Å². The van der Waals surface area contributed by atoms with E-state index in [1.165, 1.54) is 37.8 Å². The van der Waals surface area contributed by atoms with Crippen molar-refractivity contribution in [1.82, 2.24) is 25.1 Å². The van der Waals surface area contributed by atoms with Crippen molar-refractivity contribution in [2.75, 3.05) is 31.1 Å². The van der Waals surface area contributed by atoms with Gasteiger partial charge in [0.15, 0.2) is 5.82 Å². The third-order valence-corrected chi connectivity index (χ3v) is 5.98. The quantitative estimate of drug-likeness (QED) is 0.805. The third-order valence-electron chi connectivity index (χ3n) is 5.98. The highest BCUT2D eigenvalue weighted by molar-refractivity contribution is 5.46. The summed E-state index contributed by atoms with van der Waals surface area (Å²) in [7, 11) is 0. The largest absolute Gasteiger partial charge is 0.369 e. The summed E-state index contributed by atoms with van der Waals surface area (Å²) in [5.74, 6) is 1.27. The molecular formula is C20H29FN6. The van der Waals surface area contributed by atoms with Crippen molar-refractivity contribution in [3.05, 3.63) is 35.9 Å². The topological polar surface area (TPSA) is 50.1 Å². The molecule has 0 amide bonds. The third kappa shape index (κ3) is 3.83. The zero-order valence-electron chi connectivity index (χ0n) is 16.3. The van der Waals surface area contributed by atoms with Gasteiger partial charge in [0.05, 0.1) is 12.1 Å². The zero-order chi connectivity index (χ0) is 18.8. The first-order valence-corrected chi connectivity index (χ1v) is 10.2. The summed E-state index contributed by atoms with van der Waals surface area (Å²) in [5, 5.41) is 12.8. The number of hydrogen-bond acceptors (Lipinski definition) is 5. The molecule has 2 aliphatic rings. The van der Waals surface area contributed by atoms with Crippen LogP contribution < -0.4 is 4.90 Å². The first-order valence-electron chi connectivity index (χ1n) is 10.2. The average Bonchev–Trinajstić information content (AvgIpc) is 3.34. The fourth-order valence-electron chi connectivity index (χ4n) is 4.60. The van der Waals surface area contributed by atoms with Gasteiger partial charge >= 0.3 is 0 Å². The van der Waals surface area contributed by atoms with Gasteiger partial charge in [-0.3, -0.25) is 4.90 Å². The van der Waals surface area contributed by atoms with Crippen molar-refractivity contribution < 1.29 is 4.39 Å². The molecular weight excluding hydrogens is 343 g/mol. The molecule has 1 aromatic carbocycles. The Morgan fingerprint density at radius 1 is 1.00 bits per heavy atom. The van der Waals surface area contributed by atoms with Crippen molar-refractivity contribution in [1.29, 1.82) is 0 Å². The molecule has 1 atom stereocenters. The fraction of sp³-hybridized carbons (Fsp3) is 0.650. The van der Waals surface area contributed by atoms with Crippen LogP contribution in [-0.4, -0.2) is 51.3 Å². The average molecular weight is 372 g/mol. The van der Waals surface area contributed by atoms with E-state index in [2.05, 4.69) is 43.9 Å². The van der Waals surface area contributed by atoms with Gasteiger partial charge in [-0.1, -0.05) is 26.7 Å². The normalized spacial score (nSPS) is 20.5. The summed E-state index contributed by atoms with van der Waals surface area (Å²) in [6, 6.07) is 7.49. The molecule has 4 rings (SSSR count). The smallest absolute Gasteiger partial charge is 0.168 e. The van der Waals surface area contributed by atoms with Gasteiger partial charge in [0, 0.05) is 31.9 Å². The molecule has 1 unspecified atom stereocenters. The minimum Gasteiger partial charge on any atom is -0.369 e. The van der Waals surface area contributed by atoms with Crippen LogP contribution in [0.4, 0.5) is 10.1 Å². The van der Waals surface area contributed by atoms with Gasteiger partial charge in [-0.2, -0.15) is 0 Å². The summed E-state index contributed by atoms with van der Waals surface area (Å²) in [4.78, 5) is 4.84. The number of hydrogen-bond donors (Lipinski definition) is 0. The summed E-state index contributed by atoms with van der Waals surface area (Å²) in [6.45, 7) is 8.28. The first-order chi connectivity index (χ1) is 13.1. The molecule has 0 radical (unpaired) electrons. The summed E-state index contributed by atoms with van der Waals surface area (Å²) >= 11 is 0. The van der Waals surface area contributed by atoms with E-state index in [4.69, 9.17) is 0 Å². The second kappa shape index (κ2) is 7.92. The Bertz CT molecular complexity index is 729. The molecule has 2 aromatic rings. The molecule has 1 aromatic heterocycles. The molecule has 146 valence electrons. The van der Waals surface area contributed by atoms with Crippen LogP contribution in [-0.2, 0) is 0 Å². The Kier molecular flexibility index (Phi) is 5.38. The van der Waals surface area contributed by atoms with Gasteiger partial charge in [0.1, 0.15) is 5.82 Å². The van der Waals surface area contributed by atoms with Crippen LogP contribution in [0.15, 0.2) is 24.3 Å². The molecule has 27 heavy (non-hydrogen) atoms. The lowest BCUT2D eigenvalue weighted by Crippen LogP contribution is -2.49. The monoisotopic (exact) mass is 372 g/mol. The minimum atomic E-state index is -0.184. The Balaban J connectivity index is 1.48. The van der Waals surface area contributed by atoms with Crippen LogP contribution in [0.3, 0.4) is 0 Å². The molecule has 1 saturated heterocycles. The highest BCUT2D eigenvalue weighted by Gasteiger charge is 2.33. The summed E-state index contributed by atoms with van der Waals surface area (Å²) in [6.07, 6.45) is 4.90. The first kappa shape index (κ1) is 18.3. The fourth-order valence-corrected chi connectivity index (χ4v) is 4.60. The molecule has 6 nitrogen and oxygen atoms in total. The van der Waals surface area contributed by atoms with E-state index in [9.17, 15) is 4.39 Å². The van der Waals surface area contributed by atoms with Gasteiger partial charge in [-0.25, -0.2) is 9.07 Å². The number of piperazine rings is 1. The van der Waals surface area contributed by atoms with Gasteiger partial charge in [0.2, 0.25) is 0 Å². The second-order valence-electron chi connectivity index (χ2n) is 8.11. The van der Waals surface area contributed by atoms with E-state index in [-0.39, 0.29) is 11.9 Å². The maximum atomic E-state index is 13.2. The summed E-state index contributed by atoms with van der Waals surface area (Å²) in [5.41, 5.74) is 1.09. The number of halogens is 1. The van der Waals surface area contributed by atoms with Crippen LogP contribution in [0, 0.1) is 11.7 Å². The maximum Gasteiger partial charge on any atom is 0.168 e. The molecule has 1 aliphatic heterocycles. The van der Waals surface area contributed by atoms with Crippen molar-refractivity contribution in [3.8, 4) is 0 Å². The van der Waals surface area contributed by atoms with Crippen molar-refractivity contribution in [2.24, 2.45) is 5.92 Å². The lowest BCUT2D eigenvalue weighted by atomic mass is 10.00. The van der Waals surface area contributed by atoms with Gasteiger partial charge < -0.3 is 4.90 Å². The number of nitrogens with zero attached hydrogens (tertiary/aromatic N) is 6. The lowest BCUT2D eigenvalue weighted by Gasteiger charge is -2.41. The standard InChI is InChI=1S/C20H29FN6/c1-15(2)19(20-22-23-24-27(20)18-5-3-4-6-18)26-13-11-25(12-14-26)17-9-7-16(21)8-10-17/h7-10,15,18-19H,3-6,11-14H2,1-2H3. The molecule has 2 heterocycles. The van der Waals surface area contributed by atoms with E-state index in [0.717, 1.165) is 37.7 Å². The summed E-state index contributed by atoms with van der Waals surface area (Å²) < 4.78 is 15.3. The van der Waals surface area contributed by atoms with Crippen molar-refractivity contribution in [2.45, 2.75) is 51.6 Å². The molecule has 0 spiro atoms. The number of aromatic nitrogens is 4. The molecule has 2 fully saturated rings. The molecule has 0 bridgehead atoms. The van der Waals surface area contributed by atoms with Gasteiger partial charge in [-0.15, -0.1) is 5.10 Å². The van der Waals surface area contributed by atoms with Crippen LogP contribution in [0.2, 0.25) is 0 Å². The predicted molar refractivity (Wildman–Crippen MR) is 103 cm³/mol. The predicted octanol–water partition coefficient (Wildman–Crippen LogP) is 3.45. The van der Waals surface area contributed by atoms with Gasteiger partial charge in [0.25, 0.3) is 0 Å². The minimum absolute atomic E-state index is 0.184. The molecule has 1 aliphatic carbocycles. The van der Waals surface area contributed by atoms with Crippen LogP contribution in [0.25, 0.3) is 0 Å². The molecule has 7 heteroatoms. The van der Waals surface area contributed by atoms with Crippen LogP contribution in [0.5, 0.6) is 0 Å². The van der Waals surface area contributed by atoms with Crippen LogP contribution >= 0.6 is 0 Å². The van der Waals surface area contributed by atoms with E-state index in [1.807, 2.05) is 12.1 Å². The zero-order valence-corrected chi connectivity index (χ0v) is 16.3.